The molecule has 1 aromatic carbocycles. The predicted molar refractivity (Wildman–Crippen MR) is 73.5 cm³/mol. The Bertz CT molecular complexity index is 477. The van der Waals surface area contributed by atoms with Crippen molar-refractivity contribution in [1.82, 2.24) is 4.31 Å². The van der Waals surface area contributed by atoms with Crippen molar-refractivity contribution in [3.8, 4) is 5.75 Å². The summed E-state index contributed by atoms with van der Waals surface area (Å²) in [6.07, 6.45) is 0. The van der Waals surface area contributed by atoms with E-state index < -0.39 is 10.0 Å². The maximum absolute atomic E-state index is 11.5. The topological polar surface area (TPSA) is 46.6 Å². The fraction of sp³-hybridized carbons (Fsp3) is 0.538. The van der Waals surface area contributed by atoms with Crippen molar-refractivity contribution in [1.29, 1.82) is 0 Å². The number of benzene rings is 1. The molecule has 5 heteroatoms. The standard InChI is InChI=1S/C13H21NO3S/c1-5-18(15,16)14(4)6-7-17-13-9-11(2)8-12(3)10-13/h8-10H,5-7H2,1-4H3. The predicted octanol–water partition coefficient (Wildman–Crippen LogP) is 1.96. The molecule has 0 saturated carbocycles. The number of nitrogens with zero attached hydrogens (tertiary/aromatic N) is 1. The first-order valence-electron chi connectivity index (χ1n) is 6.00. The van der Waals surface area contributed by atoms with E-state index in [1.165, 1.54) is 4.31 Å². The highest BCUT2D eigenvalue weighted by atomic mass is 32.2. The van der Waals surface area contributed by atoms with Gasteiger partial charge in [-0.25, -0.2) is 12.7 Å². The normalized spacial score (nSPS) is 11.8. The molecule has 102 valence electrons. The lowest BCUT2D eigenvalue weighted by Gasteiger charge is -2.16. The number of sulfonamides is 1. The lowest BCUT2D eigenvalue weighted by Crippen LogP contribution is -2.32. The van der Waals surface area contributed by atoms with Gasteiger partial charge in [-0.1, -0.05) is 6.07 Å². The fourth-order valence-electron chi connectivity index (χ4n) is 1.67. The van der Waals surface area contributed by atoms with Gasteiger partial charge in [0.15, 0.2) is 0 Å². The third kappa shape index (κ3) is 4.31. The Balaban J connectivity index is 2.52. The van der Waals surface area contributed by atoms with Gasteiger partial charge < -0.3 is 4.74 Å². The van der Waals surface area contributed by atoms with Crippen LogP contribution in [0.25, 0.3) is 0 Å². The van der Waals surface area contributed by atoms with E-state index in [-0.39, 0.29) is 5.75 Å². The highest BCUT2D eigenvalue weighted by Crippen LogP contribution is 2.16. The molecule has 0 aliphatic rings. The molecule has 18 heavy (non-hydrogen) atoms. The van der Waals surface area contributed by atoms with E-state index in [1.54, 1.807) is 14.0 Å². The van der Waals surface area contributed by atoms with Crippen molar-refractivity contribution in [2.45, 2.75) is 20.8 Å². The molecule has 0 amide bonds. The molecule has 0 N–H and O–H groups in total. The van der Waals surface area contributed by atoms with Crippen molar-refractivity contribution in [2.24, 2.45) is 0 Å². The Kier molecular flexibility index (Phi) is 5.16. The van der Waals surface area contributed by atoms with Crippen LogP contribution in [0.15, 0.2) is 18.2 Å². The summed E-state index contributed by atoms with van der Waals surface area (Å²) >= 11 is 0. The highest BCUT2D eigenvalue weighted by Gasteiger charge is 2.14. The second kappa shape index (κ2) is 6.20. The van der Waals surface area contributed by atoms with Crippen LogP contribution >= 0.6 is 0 Å². The smallest absolute Gasteiger partial charge is 0.213 e. The summed E-state index contributed by atoms with van der Waals surface area (Å²) in [6.45, 7) is 6.37. The van der Waals surface area contributed by atoms with Crippen LogP contribution in [-0.2, 0) is 10.0 Å². The van der Waals surface area contributed by atoms with E-state index >= 15 is 0 Å². The van der Waals surface area contributed by atoms with Gasteiger partial charge >= 0.3 is 0 Å². The molecule has 0 atom stereocenters. The second-order valence-corrected chi connectivity index (χ2v) is 6.76. The Morgan fingerprint density at radius 3 is 2.22 bits per heavy atom. The number of rotatable bonds is 6. The molecule has 1 aromatic rings. The van der Waals surface area contributed by atoms with Crippen LogP contribution in [0.5, 0.6) is 5.75 Å². The van der Waals surface area contributed by atoms with Crippen LogP contribution < -0.4 is 4.74 Å². The van der Waals surface area contributed by atoms with Crippen LogP contribution in [0.2, 0.25) is 0 Å². The van der Waals surface area contributed by atoms with Crippen molar-refractivity contribution < 1.29 is 13.2 Å². The minimum Gasteiger partial charge on any atom is -0.492 e. The van der Waals surface area contributed by atoms with Gasteiger partial charge in [-0.2, -0.15) is 0 Å². The molecule has 0 unspecified atom stereocenters. The number of hydrogen-bond acceptors (Lipinski definition) is 3. The molecule has 0 aromatic heterocycles. The van der Waals surface area contributed by atoms with E-state index in [0.717, 1.165) is 16.9 Å². The van der Waals surface area contributed by atoms with Crippen LogP contribution in [0, 0.1) is 13.8 Å². The average molecular weight is 271 g/mol. The quantitative estimate of drug-likeness (QED) is 0.794. The van der Waals surface area contributed by atoms with Crippen molar-refractivity contribution in [3.63, 3.8) is 0 Å². The molecule has 0 heterocycles. The molecule has 4 nitrogen and oxygen atoms in total. The third-order valence-corrected chi connectivity index (χ3v) is 4.57. The fourth-order valence-corrected chi connectivity index (χ4v) is 2.46. The lowest BCUT2D eigenvalue weighted by atomic mass is 10.1. The van der Waals surface area contributed by atoms with Crippen LogP contribution in [0.3, 0.4) is 0 Å². The summed E-state index contributed by atoms with van der Waals surface area (Å²) < 4.78 is 29.9. The molecule has 0 aliphatic carbocycles. The van der Waals surface area contributed by atoms with E-state index in [1.807, 2.05) is 26.0 Å². The van der Waals surface area contributed by atoms with Gasteiger partial charge in [0.25, 0.3) is 0 Å². The first-order chi connectivity index (χ1) is 8.35. The van der Waals surface area contributed by atoms with Gasteiger partial charge in [0.2, 0.25) is 10.0 Å². The maximum atomic E-state index is 11.5. The minimum atomic E-state index is -3.12. The zero-order valence-corrected chi connectivity index (χ0v) is 12.3. The number of ether oxygens (including phenoxy) is 1. The summed E-state index contributed by atoms with van der Waals surface area (Å²) in [5, 5.41) is 0. The zero-order valence-electron chi connectivity index (χ0n) is 11.4. The Hall–Kier alpha value is -1.07. The largest absolute Gasteiger partial charge is 0.492 e. The van der Waals surface area contributed by atoms with Gasteiger partial charge in [0.05, 0.1) is 5.75 Å². The Morgan fingerprint density at radius 1 is 1.17 bits per heavy atom. The summed E-state index contributed by atoms with van der Waals surface area (Å²) in [5.74, 6) is 0.905. The summed E-state index contributed by atoms with van der Waals surface area (Å²) in [4.78, 5) is 0. The molecule has 1 rings (SSSR count). The monoisotopic (exact) mass is 271 g/mol. The van der Waals surface area contributed by atoms with Gasteiger partial charge in [-0.15, -0.1) is 0 Å². The van der Waals surface area contributed by atoms with Crippen LogP contribution in [-0.4, -0.2) is 38.7 Å². The summed E-state index contributed by atoms with van der Waals surface area (Å²) in [6, 6.07) is 5.96. The maximum Gasteiger partial charge on any atom is 0.213 e. The van der Waals surface area contributed by atoms with Crippen molar-refractivity contribution in [2.75, 3.05) is 26.0 Å². The van der Waals surface area contributed by atoms with E-state index in [0.29, 0.717) is 13.2 Å². The molecule has 0 aliphatic heterocycles. The van der Waals surface area contributed by atoms with E-state index in [2.05, 4.69) is 6.07 Å². The molecule has 0 radical (unpaired) electrons. The van der Waals surface area contributed by atoms with Gasteiger partial charge in [-0.05, 0) is 44.0 Å². The first-order valence-corrected chi connectivity index (χ1v) is 7.61. The van der Waals surface area contributed by atoms with Gasteiger partial charge in [0, 0.05) is 13.6 Å². The molecule has 0 spiro atoms. The first kappa shape index (κ1) is 15.0. The number of hydrogen-bond donors (Lipinski definition) is 0. The second-order valence-electron chi connectivity index (χ2n) is 4.39. The molecule has 0 fully saturated rings. The number of aryl methyl sites for hydroxylation is 2. The number of likely N-dealkylation sites (N-methyl/N-ethyl adjacent to an activating group) is 1. The third-order valence-electron chi connectivity index (χ3n) is 2.71. The van der Waals surface area contributed by atoms with E-state index in [4.69, 9.17) is 4.74 Å². The van der Waals surface area contributed by atoms with Crippen LogP contribution in [0.4, 0.5) is 0 Å². The molecule has 0 saturated heterocycles. The SMILES string of the molecule is CCS(=O)(=O)N(C)CCOc1cc(C)cc(C)c1. The molecular formula is C13H21NO3S. The highest BCUT2D eigenvalue weighted by molar-refractivity contribution is 7.89. The lowest BCUT2D eigenvalue weighted by molar-refractivity contribution is 0.286. The van der Waals surface area contributed by atoms with Gasteiger partial charge in [-0.3, -0.25) is 0 Å². The van der Waals surface area contributed by atoms with Crippen molar-refractivity contribution in [3.05, 3.63) is 29.3 Å². The van der Waals surface area contributed by atoms with Crippen LogP contribution in [0.1, 0.15) is 18.1 Å². The summed E-state index contributed by atoms with van der Waals surface area (Å²) in [7, 11) is -1.54. The Morgan fingerprint density at radius 2 is 1.72 bits per heavy atom. The summed E-state index contributed by atoms with van der Waals surface area (Å²) in [5.41, 5.74) is 2.28. The van der Waals surface area contributed by atoms with E-state index in [9.17, 15) is 8.42 Å². The molecular weight excluding hydrogens is 250 g/mol. The van der Waals surface area contributed by atoms with Gasteiger partial charge in [0.1, 0.15) is 12.4 Å². The zero-order chi connectivity index (χ0) is 13.8. The average Bonchev–Trinajstić information content (AvgIpc) is 2.27. The minimum absolute atomic E-state index is 0.118. The van der Waals surface area contributed by atoms with Crippen molar-refractivity contribution >= 4 is 10.0 Å². The molecule has 0 bridgehead atoms. The Labute approximate surface area is 110 Å².